The zero-order chi connectivity index (χ0) is 18.4. The highest BCUT2D eigenvalue weighted by Crippen LogP contribution is 2.28. The first-order chi connectivity index (χ1) is 12.6. The summed E-state index contributed by atoms with van der Waals surface area (Å²) in [6, 6.07) is 18.8. The molecule has 0 aromatic heterocycles. The third-order valence-corrected chi connectivity index (χ3v) is 4.99. The molecule has 1 aliphatic heterocycles. The Labute approximate surface area is 154 Å². The summed E-state index contributed by atoms with van der Waals surface area (Å²) in [5, 5.41) is 2.25. The zero-order valence-electron chi connectivity index (χ0n) is 14.8. The smallest absolute Gasteiger partial charge is 0.318 e. The number of nitrogens with one attached hydrogen (secondary N) is 1. The van der Waals surface area contributed by atoms with Gasteiger partial charge in [-0.1, -0.05) is 60.7 Å². The molecule has 3 amide bonds. The average Bonchev–Trinajstić information content (AvgIpc) is 2.64. The number of likely N-dealkylation sites (tertiary alicyclic amines) is 1. The third-order valence-electron chi connectivity index (χ3n) is 4.99. The van der Waals surface area contributed by atoms with E-state index in [1.165, 1.54) is 5.56 Å². The molecule has 2 aromatic rings. The number of hydrogen-bond acceptors (Lipinski definition) is 3. The molecule has 0 saturated carbocycles. The van der Waals surface area contributed by atoms with Crippen LogP contribution < -0.4 is 11.1 Å². The molecular weight excluding hydrogens is 326 g/mol. The molecule has 0 aliphatic carbocycles. The summed E-state index contributed by atoms with van der Waals surface area (Å²) < 4.78 is 0. The summed E-state index contributed by atoms with van der Waals surface area (Å²) in [5.41, 5.74) is 7.40. The highest BCUT2D eigenvalue weighted by atomic mass is 16.2. The molecule has 1 saturated heterocycles. The van der Waals surface area contributed by atoms with E-state index >= 15 is 0 Å². The number of primary amides is 1. The summed E-state index contributed by atoms with van der Waals surface area (Å²) in [7, 11) is 0. The van der Waals surface area contributed by atoms with E-state index in [9.17, 15) is 9.59 Å². The molecule has 1 fully saturated rings. The van der Waals surface area contributed by atoms with Crippen molar-refractivity contribution in [3.05, 3.63) is 71.8 Å². The monoisotopic (exact) mass is 351 g/mol. The van der Waals surface area contributed by atoms with Gasteiger partial charge in [0, 0.05) is 0 Å². The Hall–Kier alpha value is -2.66. The molecule has 0 radical (unpaired) electrons. The fraction of sp³-hybridized carbons (Fsp3) is 0.333. The third kappa shape index (κ3) is 4.70. The number of carbonyl (C=O) groups excluding carboxylic acids is 2. The molecular formula is C21H25N3O2. The number of benzene rings is 2. The van der Waals surface area contributed by atoms with Crippen LogP contribution in [0.4, 0.5) is 4.79 Å². The zero-order valence-corrected chi connectivity index (χ0v) is 14.8. The first-order valence-corrected chi connectivity index (χ1v) is 9.06. The topological polar surface area (TPSA) is 75.4 Å². The van der Waals surface area contributed by atoms with E-state index in [-0.39, 0.29) is 5.91 Å². The Morgan fingerprint density at radius 3 is 2.15 bits per heavy atom. The Morgan fingerprint density at radius 1 is 1.00 bits per heavy atom. The SMILES string of the molecule is NC(=O)NC(=O)[C@@H](c1ccccc1)N1CCC(Cc2ccccc2)CC1. The summed E-state index contributed by atoms with van der Waals surface area (Å²) in [6.07, 6.45) is 3.13. The fourth-order valence-electron chi connectivity index (χ4n) is 3.72. The van der Waals surface area contributed by atoms with E-state index in [1.807, 2.05) is 36.4 Å². The van der Waals surface area contributed by atoms with Crippen LogP contribution in [0.2, 0.25) is 0 Å². The lowest BCUT2D eigenvalue weighted by Crippen LogP contribution is -2.47. The minimum Gasteiger partial charge on any atom is -0.351 e. The molecule has 2 aromatic carbocycles. The van der Waals surface area contributed by atoms with Crippen molar-refractivity contribution >= 4 is 11.9 Å². The van der Waals surface area contributed by atoms with Crippen LogP contribution in [0.5, 0.6) is 0 Å². The number of imide groups is 1. The number of nitrogens with two attached hydrogens (primary N) is 1. The molecule has 0 bridgehead atoms. The highest BCUT2D eigenvalue weighted by molar-refractivity contribution is 5.96. The van der Waals surface area contributed by atoms with E-state index in [2.05, 4.69) is 34.5 Å². The van der Waals surface area contributed by atoms with E-state index in [4.69, 9.17) is 5.73 Å². The van der Waals surface area contributed by atoms with Crippen LogP contribution >= 0.6 is 0 Å². The average molecular weight is 351 g/mol. The second kappa shape index (κ2) is 8.63. The van der Waals surface area contributed by atoms with Crippen LogP contribution in [-0.2, 0) is 11.2 Å². The van der Waals surface area contributed by atoms with Gasteiger partial charge in [-0.05, 0) is 49.4 Å². The summed E-state index contributed by atoms with van der Waals surface area (Å²) in [5.74, 6) is 0.259. The van der Waals surface area contributed by atoms with Crippen LogP contribution in [0, 0.1) is 5.92 Å². The predicted molar refractivity (Wildman–Crippen MR) is 101 cm³/mol. The van der Waals surface area contributed by atoms with Crippen molar-refractivity contribution in [3.8, 4) is 0 Å². The Morgan fingerprint density at radius 2 is 1.58 bits per heavy atom. The maximum absolute atomic E-state index is 12.6. The van der Waals surface area contributed by atoms with Gasteiger partial charge in [0.2, 0.25) is 5.91 Å². The van der Waals surface area contributed by atoms with Gasteiger partial charge in [0.05, 0.1) is 0 Å². The molecule has 0 unspecified atom stereocenters. The molecule has 1 aliphatic rings. The summed E-state index contributed by atoms with van der Waals surface area (Å²) in [4.78, 5) is 25.9. The van der Waals surface area contributed by atoms with Crippen molar-refractivity contribution in [3.63, 3.8) is 0 Å². The van der Waals surface area contributed by atoms with E-state index < -0.39 is 12.1 Å². The van der Waals surface area contributed by atoms with Gasteiger partial charge in [0.1, 0.15) is 6.04 Å². The van der Waals surface area contributed by atoms with E-state index in [0.29, 0.717) is 5.92 Å². The second-order valence-corrected chi connectivity index (χ2v) is 6.84. The molecule has 136 valence electrons. The van der Waals surface area contributed by atoms with E-state index in [0.717, 1.165) is 37.9 Å². The summed E-state index contributed by atoms with van der Waals surface area (Å²) >= 11 is 0. The molecule has 1 heterocycles. The molecule has 5 heteroatoms. The van der Waals surface area contributed by atoms with Crippen LogP contribution in [0.3, 0.4) is 0 Å². The minimum atomic E-state index is -0.810. The number of piperidine rings is 1. The molecule has 3 rings (SSSR count). The number of rotatable bonds is 5. The van der Waals surface area contributed by atoms with Gasteiger partial charge in [-0.3, -0.25) is 15.0 Å². The Balaban J connectivity index is 1.67. The van der Waals surface area contributed by atoms with Crippen molar-refractivity contribution in [1.29, 1.82) is 0 Å². The van der Waals surface area contributed by atoms with Gasteiger partial charge >= 0.3 is 6.03 Å². The summed E-state index contributed by atoms with van der Waals surface area (Å²) in [6.45, 7) is 1.65. The van der Waals surface area contributed by atoms with Gasteiger partial charge in [0.25, 0.3) is 0 Å². The van der Waals surface area contributed by atoms with Crippen molar-refractivity contribution in [2.75, 3.05) is 13.1 Å². The normalized spacial score (nSPS) is 16.8. The number of nitrogens with zero attached hydrogens (tertiary/aromatic N) is 1. The lowest BCUT2D eigenvalue weighted by atomic mass is 9.89. The van der Waals surface area contributed by atoms with Gasteiger partial charge in [-0.2, -0.15) is 0 Å². The van der Waals surface area contributed by atoms with Crippen molar-refractivity contribution in [2.45, 2.75) is 25.3 Å². The lowest BCUT2D eigenvalue weighted by molar-refractivity contribution is -0.126. The maximum atomic E-state index is 12.6. The van der Waals surface area contributed by atoms with Gasteiger partial charge in [-0.25, -0.2) is 4.79 Å². The second-order valence-electron chi connectivity index (χ2n) is 6.84. The lowest BCUT2D eigenvalue weighted by Gasteiger charge is -2.37. The first-order valence-electron chi connectivity index (χ1n) is 9.06. The van der Waals surface area contributed by atoms with Crippen molar-refractivity contribution < 1.29 is 9.59 Å². The maximum Gasteiger partial charge on any atom is 0.318 e. The predicted octanol–water partition coefficient (Wildman–Crippen LogP) is 2.88. The molecule has 0 spiro atoms. The number of hydrogen-bond donors (Lipinski definition) is 2. The number of urea groups is 1. The first kappa shape index (κ1) is 18.1. The van der Waals surface area contributed by atoms with Crippen LogP contribution in [0.1, 0.15) is 30.0 Å². The molecule has 26 heavy (non-hydrogen) atoms. The molecule has 5 nitrogen and oxygen atoms in total. The van der Waals surface area contributed by atoms with Gasteiger partial charge < -0.3 is 5.73 Å². The quantitative estimate of drug-likeness (QED) is 0.870. The minimum absolute atomic E-state index is 0.356. The molecule has 3 N–H and O–H groups in total. The fourth-order valence-corrected chi connectivity index (χ4v) is 3.72. The number of carbonyl (C=O) groups is 2. The van der Waals surface area contributed by atoms with Crippen molar-refractivity contribution in [2.24, 2.45) is 11.7 Å². The van der Waals surface area contributed by atoms with Crippen LogP contribution in [0.15, 0.2) is 60.7 Å². The molecule has 1 atom stereocenters. The standard InChI is InChI=1S/C21H25N3O2/c22-21(26)23-20(25)19(18-9-5-2-6-10-18)24-13-11-17(12-14-24)15-16-7-3-1-4-8-16/h1-10,17,19H,11-15H2,(H3,22,23,25,26)/t19-/m1/s1. The van der Waals surface area contributed by atoms with E-state index in [1.54, 1.807) is 0 Å². The van der Waals surface area contributed by atoms with Gasteiger partial charge in [0.15, 0.2) is 0 Å². The van der Waals surface area contributed by atoms with Crippen LogP contribution in [0.25, 0.3) is 0 Å². The number of amides is 3. The largest absolute Gasteiger partial charge is 0.351 e. The van der Waals surface area contributed by atoms with Crippen molar-refractivity contribution in [1.82, 2.24) is 10.2 Å². The van der Waals surface area contributed by atoms with Crippen LogP contribution in [-0.4, -0.2) is 29.9 Å². The highest BCUT2D eigenvalue weighted by Gasteiger charge is 2.31. The Bertz CT molecular complexity index is 725. The van der Waals surface area contributed by atoms with Gasteiger partial charge in [-0.15, -0.1) is 0 Å². The Kier molecular flexibility index (Phi) is 6.02.